The van der Waals surface area contributed by atoms with E-state index in [1.807, 2.05) is 6.92 Å². The maximum Gasteiger partial charge on any atom is 0.330 e. The summed E-state index contributed by atoms with van der Waals surface area (Å²) in [6.07, 6.45) is 4.10. The minimum absolute atomic E-state index is 0.00712. The molecule has 0 N–H and O–H groups in total. The molecule has 1 rings (SSSR count). The lowest BCUT2D eigenvalue weighted by atomic mass is 10.1. The van der Waals surface area contributed by atoms with Crippen molar-refractivity contribution in [3.8, 4) is 0 Å². The van der Waals surface area contributed by atoms with Crippen LogP contribution in [0, 0.1) is 0 Å². The summed E-state index contributed by atoms with van der Waals surface area (Å²) < 4.78 is 19.9. The minimum Gasteiger partial charge on any atom is -0.466 e. The third-order valence-electron chi connectivity index (χ3n) is 2.28. The number of hydrogen-bond acceptors (Lipinski definition) is 5. The van der Waals surface area contributed by atoms with Crippen molar-refractivity contribution < 1.29 is 23.7 Å². The van der Waals surface area contributed by atoms with E-state index in [-0.39, 0.29) is 31.1 Å². The van der Waals surface area contributed by atoms with Crippen molar-refractivity contribution in [2.45, 2.75) is 31.7 Å². The molecule has 0 radical (unpaired) electrons. The molecule has 0 spiro atoms. The van der Waals surface area contributed by atoms with Gasteiger partial charge in [0.05, 0.1) is 19.3 Å². The fraction of sp³-hybridized carbons (Fsp3) is 0.727. The number of methoxy groups -OCH3 is 2. The molecule has 0 amide bonds. The monoisotopic (exact) mass is 230 g/mol. The van der Waals surface area contributed by atoms with Crippen LogP contribution in [0.3, 0.4) is 0 Å². The molecule has 1 heterocycles. The molecular formula is C11H18O5. The molecule has 0 aromatic rings. The van der Waals surface area contributed by atoms with Crippen LogP contribution >= 0.6 is 0 Å². The summed E-state index contributed by atoms with van der Waals surface area (Å²) in [4.78, 5) is 10.8. The van der Waals surface area contributed by atoms with Crippen LogP contribution in [-0.2, 0) is 23.7 Å². The van der Waals surface area contributed by atoms with Crippen molar-refractivity contribution in [3.05, 3.63) is 12.2 Å². The standard InChI is InChI=1S/C11H18O5/c1-8(15-7-13-2)6-10-9(16-10)4-5-11(12)14-3/h4-5,8-10H,6-7H2,1-3H3/b5-4+/t8-,9+,10+/m1/s1. The molecule has 0 aromatic heterocycles. The van der Waals surface area contributed by atoms with E-state index in [1.54, 1.807) is 13.2 Å². The summed E-state index contributed by atoms with van der Waals surface area (Å²) in [5.41, 5.74) is 0. The van der Waals surface area contributed by atoms with Gasteiger partial charge in [0.1, 0.15) is 12.9 Å². The first-order valence-electron chi connectivity index (χ1n) is 5.19. The number of epoxide rings is 1. The van der Waals surface area contributed by atoms with E-state index < -0.39 is 0 Å². The zero-order valence-electron chi connectivity index (χ0n) is 9.84. The maximum atomic E-state index is 10.8. The Balaban J connectivity index is 2.14. The predicted molar refractivity (Wildman–Crippen MR) is 56.9 cm³/mol. The molecule has 0 bridgehead atoms. The molecule has 3 atom stereocenters. The Bertz CT molecular complexity index is 251. The molecule has 0 aromatic carbocycles. The Labute approximate surface area is 95.3 Å². The highest BCUT2D eigenvalue weighted by atomic mass is 16.7. The summed E-state index contributed by atoms with van der Waals surface area (Å²) >= 11 is 0. The van der Waals surface area contributed by atoms with Gasteiger partial charge in [-0.15, -0.1) is 0 Å². The molecule has 5 nitrogen and oxygen atoms in total. The first kappa shape index (κ1) is 13.2. The molecule has 5 heteroatoms. The Morgan fingerprint density at radius 1 is 1.50 bits per heavy atom. The first-order valence-corrected chi connectivity index (χ1v) is 5.19. The van der Waals surface area contributed by atoms with Crippen LogP contribution in [0.15, 0.2) is 12.2 Å². The van der Waals surface area contributed by atoms with Gasteiger partial charge in [-0.25, -0.2) is 4.79 Å². The van der Waals surface area contributed by atoms with E-state index in [1.165, 1.54) is 13.2 Å². The Hall–Kier alpha value is -0.910. The molecule has 16 heavy (non-hydrogen) atoms. The van der Waals surface area contributed by atoms with Crippen LogP contribution in [-0.4, -0.2) is 45.3 Å². The molecule has 0 saturated carbocycles. The summed E-state index contributed by atoms with van der Waals surface area (Å²) in [5, 5.41) is 0. The van der Waals surface area contributed by atoms with Crippen molar-refractivity contribution in [1.29, 1.82) is 0 Å². The van der Waals surface area contributed by atoms with Crippen LogP contribution in [0.25, 0.3) is 0 Å². The molecule has 1 aliphatic heterocycles. The number of ether oxygens (including phenoxy) is 4. The predicted octanol–water partition coefficient (Wildman–Crippen LogP) is 0.882. The zero-order chi connectivity index (χ0) is 12.0. The van der Waals surface area contributed by atoms with Crippen molar-refractivity contribution in [1.82, 2.24) is 0 Å². The average molecular weight is 230 g/mol. The second-order valence-corrected chi connectivity index (χ2v) is 3.64. The Morgan fingerprint density at radius 2 is 2.25 bits per heavy atom. The third-order valence-corrected chi connectivity index (χ3v) is 2.28. The highest BCUT2D eigenvalue weighted by molar-refractivity contribution is 5.81. The Morgan fingerprint density at radius 3 is 2.88 bits per heavy atom. The van der Waals surface area contributed by atoms with E-state index in [0.717, 1.165) is 6.42 Å². The van der Waals surface area contributed by atoms with Crippen molar-refractivity contribution in [2.75, 3.05) is 21.0 Å². The average Bonchev–Trinajstić information content (AvgIpc) is 3.01. The summed E-state index contributed by atoms with van der Waals surface area (Å²) in [7, 11) is 2.93. The van der Waals surface area contributed by atoms with Gasteiger partial charge in [-0.2, -0.15) is 0 Å². The summed E-state index contributed by atoms with van der Waals surface area (Å²) in [6, 6.07) is 0. The molecule has 1 fully saturated rings. The summed E-state index contributed by atoms with van der Waals surface area (Å²) in [5.74, 6) is -0.363. The number of hydrogen-bond donors (Lipinski definition) is 0. The van der Waals surface area contributed by atoms with Crippen molar-refractivity contribution in [3.63, 3.8) is 0 Å². The molecule has 0 aliphatic carbocycles. The molecule has 92 valence electrons. The molecule has 0 unspecified atom stereocenters. The lowest BCUT2D eigenvalue weighted by molar-refractivity contribution is -0.134. The van der Waals surface area contributed by atoms with Gasteiger partial charge in [-0.05, 0) is 13.0 Å². The molecular weight excluding hydrogens is 212 g/mol. The van der Waals surface area contributed by atoms with Crippen LogP contribution in [0.5, 0.6) is 0 Å². The fourth-order valence-corrected chi connectivity index (χ4v) is 1.34. The second-order valence-electron chi connectivity index (χ2n) is 3.64. The van der Waals surface area contributed by atoms with E-state index in [9.17, 15) is 4.79 Å². The Kier molecular flexibility index (Phi) is 5.45. The fourth-order valence-electron chi connectivity index (χ4n) is 1.34. The topological polar surface area (TPSA) is 57.3 Å². The maximum absolute atomic E-state index is 10.8. The van der Waals surface area contributed by atoms with E-state index in [4.69, 9.17) is 14.2 Å². The van der Waals surface area contributed by atoms with Crippen LogP contribution in [0.2, 0.25) is 0 Å². The van der Waals surface area contributed by atoms with Gasteiger partial charge < -0.3 is 18.9 Å². The normalized spacial score (nSPS) is 25.7. The molecule has 1 aliphatic rings. The molecule has 1 saturated heterocycles. The smallest absolute Gasteiger partial charge is 0.330 e. The number of carbonyl (C=O) groups excluding carboxylic acids is 1. The largest absolute Gasteiger partial charge is 0.466 e. The van der Waals surface area contributed by atoms with Gasteiger partial charge in [0.2, 0.25) is 0 Å². The van der Waals surface area contributed by atoms with Gasteiger partial charge in [0, 0.05) is 19.6 Å². The highest BCUT2D eigenvalue weighted by Gasteiger charge is 2.37. The van der Waals surface area contributed by atoms with E-state index in [0.29, 0.717) is 0 Å². The minimum atomic E-state index is -0.363. The summed E-state index contributed by atoms with van der Waals surface area (Å²) in [6.45, 7) is 2.25. The van der Waals surface area contributed by atoms with Crippen LogP contribution in [0.1, 0.15) is 13.3 Å². The van der Waals surface area contributed by atoms with Gasteiger partial charge in [-0.1, -0.05) is 0 Å². The highest BCUT2D eigenvalue weighted by Crippen LogP contribution is 2.28. The number of esters is 1. The SMILES string of the molecule is COCO[C@H](C)C[C@@H]1O[C@H]1/C=C/C(=O)OC. The van der Waals surface area contributed by atoms with Crippen LogP contribution in [0.4, 0.5) is 0 Å². The van der Waals surface area contributed by atoms with E-state index >= 15 is 0 Å². The van der Waals surface area contributed by atoms with Gasteiger partial charge in [0.15, 0.2) is 0 Å². The van der Waals surface area contributed by atoms with Crippen molar-refractivity contribution >= 4 is 5.97 Å². The van der Waals surface area contributed by atoms with Gasteiger partial charge in [-0.3, -0.25) is 0 Å². The lowest BCUT2D eigenvalue weighted by Crippen LogP contribution is -2.13. The third kappa shape index (κ3) is 4.74. The zero-order valence-corrected chi connectivity index (χ0v) is 9.84. The van der Waals surface area contributed by atoms with E-state index in [2.05, 4.69) is 4.74 Å². The van der Waals surface area contributed by atoms with Crippen molar-refractivity contribution in [2.24, 2.45) is 0 Å². The second kappa shape index (κ2) is 6.62. The number of carbonyl (C=O) groups is 1. The number of rotatable bonds is 7. The first-order chi connectivity index (χ1) is 7.67. The lowest BCUT2D eigenvalue weighted by Gasteiger charge is -2.09. The van der Waals surface area contributed by atoms with Gasteiger partial charge >= 0.3 is 5.97 Å². The van der Waals surface area contributed by atoms with Gasteiger partial charge in [0.25, 0.3) is 0 Å². The quantitative estimate of drug-likeness (QED) is 0.281. The van der Waals surface area contributed by atoms with Crippen LogP contribution < -0.4 is 0 Å².